The Morgan fingerprint density at radius 2 is 1.71 bits per heavy atom. The number of rotatable bonds is 0. The Morgan fingerprint density at radius 1 is 1.57 bits per heavy atom. The number of carboxylic acid groups (broad SMARTS) is 1. The van der Waals surface area contributed by atoms with Gasteiger partial charge in [-0.1, -0.05) is 0 Å². The van der Waals surface area contributed by atoms with Gasteiger partial charge in [-0.05, 0) is 0 Å². The number of hydrazine groups is 1. The van der Waals surface area contributed by atoms with Gasteiger partial charge in [0.1, 0.15) is 0 Å². The van der Waals surface area contributed by atoms with Crippen LogP contribution < -0.4 is 11.3 Å². The van der Waals surface area contributed by atoms with E-state index in [1.165, 1.54) is 5.43 Å². The van der Waals surface area contributed by atoms with Crippen LogP contribution in [0.4, 0.5) is 4.79 Å². The summed E-state index contributed by atoms with van der Waals surface area (Å²) < 4.78 is 0. The van der Waals surface area contributed by atoms with E-state index in [4.69, 9.17) is 9.90 Å². The van der Waals surface area contributed by atoms with Gasteiger partial charge in [-0.2, -0.15) is 0 Å². The van der Waals surface area contributed by atoms with Crippen LogP contribution >= 0.6 is 0 Å². The quantitative estimate of drug-likeness (QED) is 0.138. The molecular weight excluding hydrogens is 85.9 g/mol. The Labute approximate surface area is 65.2 Å². The minimum atomic E-state index is -1.22. The van der Waals surface area contributed by atoms with Crippen LogP contribution in [0, 0.1) is 0 Å². The molecule has 6 heteroatoms. The van der Waals surface area contributed by atoms with Crippen molar-refractivity contribution in [2.45, 2.75) is 0 Å². The third-order valence-electron chi connectivity index (χ3n) is 0.123. The Hall–Kier alpha value is 0.425. The summed E-state index contributed by atoms with van der Waals surface area (Å²) in [6.45, 7) is 0. The zero-order valence-corrected chi connectivity index (χ0v) is 2.43. The summed E-state index contributed by atoms with van der Waals surface area (Å²) in [5.74, 6) is 4.32. The summed E-state index contributed by atoms with van der Waals surface area (Å²) >= 11 is 0. The van der Waals surface area contributed by atoms with Crippen LogP contribution in [0.2, 0.25) is 0 Å². The van der Waals surface area contributed by atoms with E-state index in [-0.39, 0.29) is 37.7 Å². The molecule has 0 aromatic carbocycles. The molecule has 0 aliphatic carbocycles. The van der Waals surface area contributed by atoms with Gasteiger partial charge in [0.15, 0.2) is 0 Å². The van der Waals surface area contributed by atoms with Crippen LogP contribution in [0.15, 0.2) is 0 Å². The Kier molecular flexibility index (Phi) is 21.6. The van der Waals surface area contributed by atoms with Crippen molar-refractivity contribution in [1.29, 1.82) is 0 Å². The maximum atomic E-state index is 9.13. The van der Waals surface area contributed by atoms with Crippen molar-refractivity contribution in [1.82, 2.24) is 5.43 Å². The van der Waals surface area contributed by atoms with E-state index < -0.39 is 6.09 Å². The monoisotopic (exact) mass is 92.1 g/mol. The van der Waals surface area contributed by atoms with Gasteiger partial charge in [0, 0.05) is 0 Å². The second-order valence-electron chi connectivity index (χ2n) is 0.449. The van der Waals surface area contributed by atoms with Crippen molar-refractivity contribution >= 4 is 43.8 Å². The molecule has 0 unspecified atom stereocenters. The molecular formula is CH6Li2N2O2. The van der Waals surface area contributed by atoms with Gasteiger partial charge >= 0.3 is 43.8 Å². The standard InChI is InChI=1S/CH4N2O2.2Li.2H/c2-3-1(4)5;;;;/h3H,2H2,(H,4,5);;;;. The van der Waals surface area contributed by atoms with Gasteiger partial charge in [0.25, 0.3) is 0 Å². The molecule has 0 saturated heterocycles. The molecule has 0 atom stereocenters. The van der Waals surface area contributed by atoms with Crippen molar-refractivity contribution < 1.29 is 9.90 Å². The van der Waals surface area contributed by atoms with Gasteiger partial charge in [0.2, 0.25) is 0 Å². The third-order valence-corrected chi connectivity index (χ3v) is 0.123. The molecule has 4 N–H and O–H groups in total. The summed E-state index contributed by atoms with van der Waals surface area (Å²) in [5.41, 5.74) is 1.44. The predicted molar refractivity (Wildman–Crippen MR) is 29.6 cm³/mol. The molecule has 7 heavy (non-hydrogen) atoms. The number of nitrogens with two attached hydrogens (primary N) is 1. The fourth-order valence-electron chi connectivity index (χ4n) is 0. The second kappa shape index (κ2) is 9.66. The molecule has 0 bridgehead atoms. The van der Waals surface area contributed by atoms with E-state index in [1.54, 1.807) is 0 Å². The molecule has 1 amide bonds. The average Bonchev–Trinajstić information content (AvgIpc) is 1.38. The van der Waals surface area contributed by atoms with Crippen LogP contribution in [0.5, 0.6) is 0 Å². The number of nitrogens with one attached hydrogen (secondary N) is 1. The molecule has 0 saturated carbocycles. The number of hydrogen-bond donors (Lipinski definition) is 3. The first-order valence-corrected chi connectivity index (χ1v) is 0.966. The van der Waals surface area contributed by atoms with E-state index >= 15 is 0 Å². The average molecular weight is 92.0 g/mol. The summed E-state index contributed by atoms with van der Waals surface area (Å²) in [4.78, 5) is 9.13. The first-order valence-electron chi connectivity index (χ1n) is 0.966. The third kappa shape index (κ3) is 21.4. The molecule has 34 valence electrons. The SMILES string of the molecule is NNC(=O)O.[LiH].[LiH]. The van der Waals surface area contributed by atoms with E-state index in [0.717, 1.165) is 0 Å². The molecule has 4 nitrogen and oxygen atoms in total. The molecule has 0 heterocycles. The van der Waals surface area contributed by atoms with Crippen molar-refractivity contribution in [3.8, 4) is 0 Å². The molecule has 0 aromatic rings. The van der Waals surface area contributed by atoms with Gasteiger partial charge in [0.05, 0.1) is 0 Å². The summed E-state index contributed by atoms with van der Waals surface area (Å²) in [5, 5.41) is 7.49. The van der Waals surface area contributed by atoms with Gasteiger partial charge in [-0.25, -0.2) is 10.6 Å². The van der Waals surface area contributed by atoms with E-state index in [9.17, 15) is 0 Å². The van der Waals surface area contributed by atoms with Gasteiger partial charge < -0.3 is 5.11 Å². The Balaban J connectivity index is -0.0000000800. The van der Waals surface area contributed by atoms with Crippen molar-refractivity contribution in [3.63, 3.8) is 0 Å². The first-order chi connectivity index (χ1) is 2.27. The van der Waals surface area contributed by atoms with Gasteiger partial charge in [-0.15, -0.1) is 0 Å². The van der Waals surface area contributed by atoms with Crippen LogP contribution in [-0.4, -0.2) is 48.9 Å². The molecule has 0 aromatic heterocycles. The zero-order chi connectivity index (χ0) is 4.28. The summed E-state index contributed by atoms with van der Waals surface area (Å²) in [6, 6.07) is 0. The first kappa shape index (κ1) is 15.7. The number of carbonyl (C=O) groups is 1. The fraction of sp³-hybridized carbons (Fsp3) is 0. The van der Waals surface area contributed by atoms with Crippen molar-refractivity contribution in [2.24, 2.45) is 5.84 Å². The Bertz CT molecular complexity index is 49.0. The maximum absolute atomic E-state index is 9.13. The summed E-state index contributed by atoms with van der Waals surface area (Å²) in [6.07, 6.45) is -1.22. The Morgan fingerprint density at radius 3 is 1.71 bits per heavy atom. The fourth-order valence-corrected chi connectivity index (χ4v) is 0. The zero-order valence-electron chi connectivity index (χ0n) is 2.43. The van der Waals surface area contributed by atoms with E-state index in [1.807, 2.05) is 0 Å². The summed E-state index contributed by atoms with van der Waals surface area (Å²) in [7, 11) is 0. The van der Waals surface area contributed by atoms with Crippen LogP contribution in [0.3, 0.4) is 0 Å². The van der Waals surface area contributed by atoms with Crippen molar-refractivity contribution in [2.75, 3.05) is 0 Å². The van der Waals surface area contributed by atoms with Crippen LogP contribution in [0.25, 0.3) is 0 Å². The van der Waals surface area contributed by atoms with Crippen LogP contribution in [0.1, 0.15) is 0 Å². The molecule has 0 spiro atoms. The normalized spacial score (nSPS) is 4.71. The van der Waals surface area contributed by atoms with E-state index in [2.05, 4.69) is 5.84 Å². The molecule has 0 radical (unpaired) electrons. The minimum absolute atomic E-state index is 0. The van der Waals surface area contributed by atoms with E-state index in [0.29, 0.717) is 0 Å². The molecule has 0 fully saturated rings. The predicted octanol–water partition coefficient (Wildman–Crippen LogP) is -2.17. The number of amides is 1. The van der Waals surface area contributed by atoms with Crippen LogP contribution in [-0.2, 0) is 0 Å². The van der Waals surface area contributed by atoms with Gasteiger partial charge in [-0.3, -0.25) is 5.43 Å². The molecule has 0 aliphatic rings. The molecule has 0 aliphatic heterocycles. The second-order valence-corrected chi connectivity index (χ2v) is 0.449. The van der Waals surface area contributed by atoms with Crippen molar-refractivity contribution in [3.05, 3.63) is 0 Å². The topological polar surface area (TPSA) is 75.3 Å². The number of hydrogen-bond acceptors (Lipinski definition) is 2. The molecule has 0 rings (SSSR count).